The van der Waals surface area contributed by atoms with E-state index in [-0.39, 0.29) is 5.91 Å². The number of rotatable bonds is 7. The standard InChI is InChI=1S/C20H29N5O4/c1-3-27-11-8-25-17-4-5-24(18(26)14-23-6-9-28-10-7-23)13-16(17)19(22-25)20-21-12-15(2)29-20/h12H,3-11,13-14H2,1-2H3. The topological polar surface area (TPSA) is 85.9 Å². The van der Waals surface area contributed by atoms with Crippen molar-refractivity contribution < 1.29 is 18.7 Å². The normalized spacial score (nSPS) is 17.5. The second-order valence-corrected chi connectivity index (χ2v) is 7.42. The average Bonchev–Trinajstić information content (AvgIpc) is 3.32. The lowest BCUT2D eigenvalue weighted by Gasteiger charge is -2.32. The van der Waals surface area contributed by atoms with Crippen LogP contribution < -0.4 is 0 Å². The first kappa shape index (κ1) is 20.1. The lowest BCUT2D eigenvalue weighted by atomic mass is 10.0. The first-order chi connectivity index (χ1) is 14.2. The molecule has 9 heteroatoms. The molecule has 2 aromatic heterocycles. The summed E-state index contributed by atoms with van der Waals surface area (Å²) in [6, 6.07) is 0. The Morgan fingerprint density at radius 1 is 1.28 bits per heavy atom. The van der Waals surface area contributed by atoms with Gasteiger partial charge in [-0.2, -0.15) is 5.10 Å². The minimum Gasteiger partial charge on any atom is -0.440 e. The molecule has 0 saturated carbocycles. The third-order valence-electron chi connectivity index (χ3n) is 5.42. The highest BCUT2D eigenvalue weighted by Crippen LogP contribution is 2.30. The first-order valence-corrected chi connectivity index (χ1v) is 10.3. The lowest BCUT2D eigenvalue weighted by molar-refractivity contribution is -0.134. The molecule has 1 amide bonds. The lowest BCUT2D eigenvalue weighted by Crippen LogP contribution is -2.46. The largest absolute Gasteiger partial charge is 0.440 e. The van der Waals surface area contributed by atoms with E-state index in [1.807, 2.05) is 23.4 Å². The van der Waals surface area contributed by atoms with Gasteiger partial charge in [0.2, 0.25) is 11.8 Å². The molecule has 29 heavy (non-hydrogen) atoms. The fraction of sp³-hybridized carbons (Fsp3) is 0.650. The second kappa shape index (κ2) is 9.06. The zero-order valence-electron chi connectivity index (χ0n) is 17.2. The summed E-state index contributed by atoms with van der Waals surface area (Å²) < 4.78 is 18.6. The minimum absolute atomic E-state index is 0.147. The molecule has 0 N–H and O–H groups in total. The fourth-order valence-corrected chi connectivity index (χ4v) is 3.87. The number of hydrogen-bond acceptors (Lipinski definition) is 7. The van der Waals surface area contributed by atoms with Gasteiger partial charge in [-0.1, -0.05) is 0 Å². The predicted octanol–water partition coefficient (Wildman–Crippen LogP) is 1.10. The molecule has 158 valence electrons. The molecule has 0 radical (unpaired) electrons. The van der Waals surface area contributed by atoms with Crippen molar-refractivity contribution in [3.8, 4) is 11.6 Å². The molecule has 0 atom stereocenters. The van der Waals surface area contributed by atoms with Gasteiger partial charge in [0.15, 0.2) is 5.69 Å². The van der Waals surface area contributed by atoms with Crippen LogP contribution in [0.2, 0.25) is 0 Å². The molecule has 4 heterocycles. The summed E-state index contributed by atoms with van der Waals surface area (Å²) >= 11 is 0. The van der Waals surface area contributed by atoms with Crippen molar-refractivity contribution in [3.63, 3.8) is 0 Å². The van der Waals surface area contributed by atoms with E-state index in [2.05, 4.69) is 9.88 Å². The van der Waals surface area contributed by atoms with Gasteiger partial charge in [0.25, 0.3) is 0 Å². The van der Waals surface area contributed by atoms with Crippen molar-refractivity contribution >= 4 is 5.91 Å². The molecule has 4 rings (SSSR count). The van der Waals surface area contributed by atoms with Gasteiger partial charge in [0, 0.05) is 50.5 Å². The number of carbonyl (C=O) groups is 1. The van der Waals surface area contributed by atoms with E-state index in [4.69, 9.17) is 19.0 Å². The molecule has 1 fully saturated rings. The summed E-state index contributed by atoms with van der Waals surface area (Å²) in [5.41, 5.74) is 2.91. The summed E-state index contributed by atoms with van der Waals surface area (Å²) in [5, 5.41) is 4.77. The van der Waals surface area contributed by atoms with Crippen molar-refractivity contribution in [2.75, 3.05) is 52.6 Å². The van der Waals surface area contributed by atoms with Crippen LogP contribution in [0, 0.1) is 6.92 Å². The maximum atomic E-state index is 12.9. The Morgan fingerprint density at radius 3 is 2.83 bits per heavy atom. The monoisotopic (exact) mass is 403 g/mol. The van der Waals surface area contributed by atoms with Crippen LogP contribution in [-0.4, -0.2) is 83.1 Å². The van der Waals surface area contributed by atoms with Crippen LogP contribution in [0.1, 0.15) is 23.9 Å². The molecular formula is C20H29N5O4. The summed E-state index contributed by atoms with van der Waals surface area (Å²) in [7, 11) is 0. The molecule has 0 bridgehead atoms. The highest BCUT2D eigenvalue weighted by molar-refractivity contribution is 5.79. The Bertz CT molecular complexity index is 840. The molecular weight excluding hydrogens is 374 g/mol. The minimum atomic E-state index is 0.147. The summed E-state index contributed by atoms with van der Waals surface area (Å²) in [6.07, 6.45) is 2.47. The molecule has 2 aliphatic rings. The van der Waals surface area contributed by atoms with E-state index >= 15 is 0 Å². The Morgan fingerprint density at radius 2 is 2.10 bits per heavy atom. The molecule has 0 unspecified atom stereocenters. The van der Waals surface area contributed by atoms with Crippen LogP contribution in [0.15, 0.2) is 10.6 Å². The quantitative estimate of drug-likeness (QED) is 0.640. The zero-order valence-corrected chi connectivity index (χ0v) is 17.2. The number of oxazole rings is 1. The van der Waals surface area contributed by atoms with E-state index in [0.717, 1.165) is 42.2 Å². The molecule has 0 aromatic carbocycles. The van der Waals surface area contributed by atoms with Gasteiger partial charge in [-0.25, -0.2) is 4.98 Å². The molecule has 2 aromatic rings. The SMILES string of the molecule is CCOCCn1nc(-c2ncc(C)o2)c2c1CCN(C(=O)CN1CCOCC1)C2. The highest BCUT2D eigenvalue weighted by Gasteiger charge is 2.30. The number of carbonyl (C=O) groups excluding carboxylic acids is 1. The second-order valence-electron chi connectivity index (χ2n) is 7.42. The number of aromatic nitrogens is 3. The number of aryl methyl sites for hydroxylation is 1. The Hall–Kier alpha value is -2.23. The van der Waals surface area contributed by atoms with Crippen molar-refractivity contribution in [3.05, 3.63) is 23.2 Å². The van der Waals surface area contributed by atoms with Gasteiger partial charge in [-0.15, -0.1) is 0 Å². The summed E-state index contributed by atoms with van der Waals surface area (Å²) in [6.45, 7) is 10.5. The maximum Gasteiger partial charge on any atom is 0.247 e. The van der Waals surface area contributed by atoms with Crippen molar-refractivity contribution in [1.82, 2.24) is 24.6 Å². The third-order valence-corrected chi connectivity index (χ3v) is 5.42. The van der Waals surface area contributed by atoms with Crippen LogP contribution in [0.25, 0.3) is 11.6 Å². The maximum absolute atomic E-state index is 12.9. The number of morpholine rings is 1. The van der Waals surface area contributed by atoms with Gasteiger partial charge in [-0.3, -0.25) is 14.4 Å². The molecule has 2 aliphatic heterocycles. The van der Waals surface area contributed by atoms with Crippen molar-refractivity contribution in [2.45, 2.75) is 33.4 Å². The molecule has 0 aliphatic carbocycles. The van der Waals surface area contributed by atoms with Crippen molar-refractivity contribution in [1.29, 1.82) is 0 Å². The summed E-state index contributed by atoms with van der Waals surface area (Å²) in [5.74, 6) is 1.40. The Kier molecular flexibility index (Phi) is 6.27. The first-order valence-electron chi connectivity index (χ1n) is 10.3. The van der Waals surface area contributed by atoms with Gasteiger partial charge in [0.05, 0.1) is 39.1 Å². The number of nitrogens with zero attached hydrogens (tertiary/aromatic N) is 5. The van der Waals surface area contributed by atoms with E-state index < -0.39 is 0 Å². The van der Waals surface area contributed by atoms with Crippen LogP contribution >= 0.6 is 0 Å². The van der Waals surface area contributed by atoms with Gasteiger partial charge in [0.1, 0.15) is 5.76 Å². The third kappa shape index (κ3) is 4.52. The zero-order chi connectivity index (χ0) is 20.2. The van der Waals surface area contributed by atoms with Crippen LogP contribution in [0.5, 0.6) is 0 Å². The molecule has 1 saturated heterocycles. The summed E-state index contributed by atoms with van der Waals surface area (Å²) in [4.78, 5) is 21.4. The average molecular weight is 403 g/mol. The van der Waals surface area contributed by atoms with Crippen molar-refractivity contribution in [2.24, 2.45) is 0 Å². The number of amides is 1. The Labute approximate surface area is 170 Å². The van der Waals surface area contributed by atoms with Crippen LogP contribution in [-0.2, 0) is 33.8 Å². The van der Waals surface area contributed by atoms with E-state index in [0.29, 0.717) is 58.5 Å². The number of hydrogen-bond donors (Lipinski definition) is 0. The highest BCUT2D eigenvalue weighted by atomic mass is 16.5. The van der Waals surface area contributed by atoms with E-state index in [1.54, 1.807) is 6.20 Å². The predicted molar refractivity (Wildman–Crippen MR) is 105 cm³/mol. The van der Waals surface area contributed by atoms with E-state index in [9.17, 15) is 4.79 Å². The smallest absolute Gasteiger partial charge is 0.247 e. The number of fused-ring (bicyclic) bond motifs is 1. The number of ether oxygens (including phenoxy) is 2. The Balaban J connectivity index is 1.54. The molecule has 9 nitrogen and oxygen atoms in total. The van der Waals surface area contributed by atoms with Gasteiger partial charge >= 0.3 is 0 Å². The molecule has 0 spiro atoms. The van der Waals surface area contributed by atoms with Gasteiger partial charge < -0.3 is 18.8 Å². The van der Waals surface area contributed by atoms with Crippen LogP contribution in [0.3, 0.4) is 0 Å². The fourth-order valence-electron chi connectivity index (χ4n) is 3.87. The van der Waals surface area contributed by atoms with E-state index in [1.165, 1.54) is 0 Å². The van der Waals surface area contributed by atoms with Crippen LogP contribution in [0.4, 0.5) is 0 Å². The van der Waals surface area contributed by atoms with Gasteiger partial charge in [-0.05, 0) is 13.8 Å².